The van der Waals surface area contributed by atoms with E-state index in [0.717, 1.165) is 32.5 Å². The number of rotatable bonds is 3. The minimum Gasteiger partial charge on any atom is -0.444 e. The first-order valence-corrected chi connectivity index (χ1v) is 7.96. The summed E-state index contributed by atoms with van der Waals surface area (Å²) in [7, 11) is 0. The largest absolute Gasteiger partial charge is 0.444 e. The average molecular weight is 305 g/mol. The summed E-state index contributed by atoms with van der Waals surface area (Å²) in [5.74, 6) is 0. The van der Waals surface area contributed by atoms with Crippen molar-refractivity contribution in [3.63, 3.8) is 0 Å². The van der Waals surface area contributed by atoms with Crippen molar-refractivity contribution in [1.82, 2.24) is 15.2 Å². The summed E-state index contributed by atoms with van der Waals surface area (Å²) in [5, 5.41) is 3.57. The van der Waals surface area contributed by atoms with Gasteiger partial charge in [0, 0.05) is 38.1 Å². The van der Waals surface area contributed by atoms with Gasteiger partial charge in [-0.1, -0.05) is 0 Å². The van der Waals surface area contributed by atoms with Crippen molar-refractivity contribution < 1.29 is 9.53 Å². The van der Waals surface area contributed by atoms with Gasteiger partial charge in [0.25, 0.3) is 0 Å². The van der Waals surface area contributed by atoms with Crippen LogP contribution in [0.15, 0.2) is 18.5 Å². The van der Waals surface area contributed by atoms with Crippen LogP contribution in [0, 0.1) is 6.92 Å². The molecule has 0 aromatic carbocycles. The molecule has 1 N–H and O–H groups in total. The van der Waals surface area contributed by atoms with E-state index in [4.69, 9.17) is 4.74 Å². The zero-order valence-corrected chi connectivity index (χ0v) is 14.1. The second-order valence-electron chi connectivity index (χ2n) is 6.92. The van der Waals surface area contributed by atoms with Crippen LogP contribution in [0.3, 0.4) is 0 Å². The molecular formula is C17H27N3O2. The SMILES string of the molecule is Cc1ccncc1CNC1CCN(C(=O)OC(C)(C)C)CC1. The first kappa shape index (κ1) is 16.7. The second-order valence-corrected chi connectivity index (χ2v) is 6.92. The van der Waals surface area contributed by atoms with Crippen molar-refractivity contribution in [2.75, 3.05) is 13.1 Å². The monoisotopic (exact) mass is 305 g/mol. The van der Waals surface area contributed by atoms with Crippen molar-refractivity contribution in [2.24, 2.45) is 0 Å². The molecule has 1 aliphatic rings. The molecule has 122 valence electrons. The molecule has 2 heterocycles. The first-order valence-electron chi connectivity index (χ1n) is 7.96. The normalized spacial score (nSPS) is 16.6. The van der Waals surface area contributed by atoms with Gasteiger partial charge in [-0.3, -0.25) is 4.98 Å². The van der Waals surface area contributed by atoms with Crippen LogP contribution in [0.1, 0.15) is 44.7 Å². The Morgan fingerprint density at radius 3 is 2.68 bits per heavy atom. The molecule has 0 spiro atoms. The Labute approximate surface area is 133 Å². The summed E-state index contributed by atoms with van der Waals surface area (Å²) in [6.07, 6.45) is 5.45. The lowest BCUT2D eigenvalue weighted by Crippen LogP contribution is -2.46. The predicted octanol–water partition coefficient (Wildman–Crippen LogP) is 2.88. The Balaban J connectivity index is 1.76. The second kappa shape index (κ2) is 7.09. The summed E-state index contributed by atoms with van der Waals surface area (Å²) in [5.41, 5.74) is 2.06. The van der Waals surface area contributed by atoms with Crippen LogP contribution >= 0.6 is 0 Å². The van der Waals surface area contributed by atoms with Gasteiger partial charge in [0.15, 0.2) is 0 Å². The molecule has 1 aromatic rings. The topological polar surface area (TPSA) is 54.5 Å². The molecule has 0 aliphatic carbocycles. The van der Waals surface area contributed by atoms with Crippen molar-refractivity contribution in [2.45, 2.75) is 58.7 Å². The van der Waals surface area contributed by atoms with E-state index in [-0.39, 0.29) is 6.09 Å². The third kappa shape index (κ3) is 4.98. The van der Waals surface area contributed by atoms with E-state index in [1.165, 1.54) is 11.1 Å². The van der Waals surface area contributed by atoms with Gasteiger partial charge in [0.05, 0.1) is 0 Å². The van der Waals surface area contributed by atoms with Crippen LogP contribution in [0.25, 0.3) is 0 Å². The number of carbonyl (C=O) groups is 1. The summed E-state index contributed by atoms with van der Waals surface area (Å²) in [6.45, 7) is 10.1. The van der Waals surface area contributed by atoms with E-state index >= 15 is 0 Å². The van der Waals surface area contributed by atoms with Crippen LogP contribution in [0.2, 0.25) is 0 Å². The van der Waals surface area contributed by atoms with Gasteiger partial charge in [-0.25, -0.2) is 4.79 Å². The Morgan fingerprint density at radius 1 is 1.41 bits per heavy atom. The van der Waals surface area contributed by atoms with Crippen molar-refractivity contribution in [3.8, 4) is 0 Å². The van der Waals surface area contributed by atoms with Gasteiger partial charge in [-0.15, -0.1) is 0 Å². The van der Waals surface area contributed by atoms with Gasteiger partial charge < -0.3 is 15.0 Å². The number of hydrogen-bond acceptors (Lipinski definition) is 4. The lowest BCUT2D eigenvalue weighted by atomic mass is 10.0. The van der Waals surface area contributed by atoms with Crippen LogP contribution in [-0.4, -0.2) is 40.7 Å². The zero-order valence-electron chi connectivity index (χ0n) is 14.1. The van der Waals surface area contributed by atoms with Gasteiger partial charge in [0.2, 0.25) is 0 Å². The lowest BCUT2D eigenvalue weighted by molar-refractivity contribution is 0.0198. The molecule has 1 aliphatic heterocycles. The molecule has 5 heteroatoms. The maximum atomic E-state index is 12.0. The Kier molecular flexibility index (Phi) is 5.40. The van der Waals surface area contributed by atoms with Crippen LogP contribution in [-0.2, 0) is 11.3 Å². The predicted molar refractivity (Wildman–Crippen MR) is 86.6 cm³/mol. The fourth-order valence-electron chi connectivity index (χ4n) is 2.53. The van der Waals surface area contributed by atoms with E-state index in [9.17, 15) is 4.79 Å². The van der Waals surface area contributed by atoms with E-state index in [2.05, 4.69) is 17.2 Å². The number of ether oxygens (including phenoxy) is 1. The molecule has 0 radical (unpaired) electrons. The zero-order chi connectivity index (χ0) is 16.2. The van der Waals surface area contributed by atoms with E-state index in [1.54, 1.807) is 4.90 Å². The summed E-state index contributed by atoms with van der Waals surface area (Å²) in [4.78, 5) is 18.0. The molecule has 0 bridgehead atoms. The number of carbonyl (C=O) groups excluding carboxylic acids is 1. The highest BCUT2D eigenvalue weighted by molar-refractivity contribution is 5.68. The van der Waals surface area contributed by atoms with Crippen LogP contribution in [0.4, 0.5) is 4.79 Å². The molecule has 1 fully saturated rings. The molecular weight excluding hydrogens is 278 g/mol. The number of nitrogens with one attached hydrogen (secondary N) is 1. The number of amides is 1. The highest BCUT2D eigenvalue weighted by atomic mass is 16.6. The van der Waals surface area contributed by atoms with E-state index in [1.807, 2.05) is 39.2 Å². The quantitative estimate of drug-likeness (QED) is 0.933. The number of hydrogen-bond donors (Lipinski definition) is 1. The lowest BCUT2D eigenvalue weighted by Gasteiger charge is -2.33. The number of likely N-dealkylation sites (tertiary alicyclic amines) is 1. The fraction of sp³-hybridized carbons (Fsp3) is 0.647. The maximum absolute atomic E-state index is 12.0. The Hall–Kier alpha value is -1.62. The van der Waals surface area contributed by atoms with Gasteiger partial charge >= 0.3 is 6.09 Å². The molecule has 22 heavy (non-hydrogen) atoms. The van der Waals surface area contributed by atoms with Crippen LogP contribution in [0.5, 0.6) is 0 Å². The molecule has 0 unspecified atom stereocenters. The van der Waals surface area contributed by atoms with Crippen molar-refractivity contribution >= 4 is 6.09 Å². The van der Waals surface area contributed by atoms with Crippen molar-refractivity contribution in [3.05, 3.63) is 29.6 Å². The molecule has 1 saturated heterocycles. The third-order valence-electron chi connectivity index (χ3n) is 3.88. The molecule has 1 amide bonds. The molecule has 0 saturated carbocycles. The van der Waals surface area contributed by atoms with Gasteiger partial charge in [-0.2, -0.15) is 0 Å². The minimum atomic E-state index is -0.427. The summed E-state index contributed by atoms with van der Waals surface area (Å²) in [6, 6.07) is 2.47. The third-order valence-corrected chi connectivity index (χ3v) is 3.88. The first-order chi connectivity index (χ1) is 10.3. The van der Waals surface area contributed by atoms with E-state index < -0.39 is 5.60 Å². The molecule has 0 atom stereocenters. The molecule has 1 aromatic heterocycles. The standard InChI is InChI=1S/C17H27N3O2/c1-13-5-8-18-11-14(13)12-19-15-6-9-20(10-7-15)16(21)22-17(2,3)4/h5,8,11,15,19H,6-7,9-10,12H2,1-4H3. The number of pyridine rings is 1. The maximum Gasteiger partial charge on any atom is 0.410 e. The van der Waals surface area contributed by atoms with E-state index in [0.29, 0.717) is 6.04 Å². The summed E-state index contributed by atoms with van der Waals surface area (Å²) < 4.78 is 5.42. The average Bonchev–Trinajstić information content (AvgIpc) is 2.45. The number of nitrogens with zero attached hydrogens (tertiary/aromatic N) is 2. The molecule has 2 rings (SSSR count). The number of aromatic nitrogens is 1. The minimum absolute atomic E-state index is 0.200. The van der Waals surface area contributed by atoms with Crippen LogP contribution < -0.4 is 5.32 Å². The highest BCUT2D eigenvalue weighted by Crippen LogP contribution is 2.16. The fourth-order valence-corrected chi connectivity index (χ4v) is 2.53. The number of piperidine rings is 1. The molecule has 5 nitrogen and oxygen atoms in total. The smallest absolute Gasteiger partial charge is 0.410 e. The number of aryl methyl sites for hydroxylation is 1. The summed E-state index contributed by atoms with van der Waals surface area (Å²) >= 11 is 0. The van der Waals surface area contributed by atoms with Crippen molar-refractivity contribution in [1.29, 1.82) is 0 Å². The highest BCUT2D eigenvalue weighted by Gasteiger charge is 2.26. The Morgan fingerprint density at radius 2 is 2.09 bits per heavy atom. The van der Waals surface area contributed by atoms with Gasteiger partial charge in [-0.05, 0) is 57.7 Å². The van der Waals surface area contributed by atoms with Gasteiger partial charge in [0.1, 0.15) is 5.60 Å². The Bertz CT molecular complexity index is 503.